The van der Waals surface area contributed by atoms with Gasteiger partial charge in [0, 0.05) is 28.6 Å². The molecule has 1 spiro atoms. The van der Waals surface area contributed by atoms with Gasteiger partial charge in [-0.3, -0.25) is 9.69 Å². The van der Waals surface area contributed by atoms with Crippen molar-refractivity contribution in [1.29, 1.82) is 0 Å². The van der Waals surface area contributed by atoms with Crippen LogP contribution in [-0.4, -0.2) is 50.0 Å². The summed E-state index contributed by atoms with van der Waals surface area (Å²) in [4.78, 5) is 24.7. The minimum atomic E-state index is -0.216. The second-order valence-corrected chi connectivity index (χ2v) is 12.3. The maximum Gasteiger partial charge on any atom is 0.231 e. The van der Waals surface area contributed by atoms with Gasteiger partial charge in [-0.15, -0.1) is 11.3 Å². The Bertz CT molecular complexity index is 1470. The van der Waals surface area contributed by atoms with Crippen molar-refractivity contribution in [1.82, 2.24) is 24.5 Å². The summed E-state index contributed by atoms with van der Waals surface area (Å²) < 4.78 is 1.89. The third kappa shape index (κ3) is 3.44. The van der Waals surface area contributed by atoms with Crippen molar-refractivity contribution in [2.45, 2.75) is 65.7 Å². The van der Waals surface area contributed by atoms with Crippen LogP contribution in [0.1, 0.15) is 72.1 Å². The zero-order chi connectivity index (χ0) is 24.6. The Morgan fingerprint density at radius 3 is 2.74 bits per heavy atom. The highest BCUT2D eigenvalue weighted by molar-refractivity contribution is 7.19. The van der Waals surface area contributed by atoms with Gasteiger partial charge in [-0.2, -0.15) is 5.10 Å². The van der Waals surface area contributed by atoms with Gasteiger partial charge in [0.2, 0.25) is 5.91 Å². The summed E-state index contributed by atoms with van der Waals surface area (Å²) in [5.74, 6) is 0.802. The Morgan fingerprint density at radius 2 is 2.03 bits per heavy atom. The Balaban J connectivity index is 1.36. The fourth-order valence-corrected chi connectivity index (χ4v) is 8.10. The van der Waals surface area contributed by atoms with E-state index in [0.717, 1.165) is 18.7 Å². The largest absolute Gasteiger partial charge is 0.369 e. The van der Waals surface area contributed by atoms with Crippen LogP contribution in [0.2, 0.25) is 0 Å². The Labute approximate surface area is 209 Å². The van der Waals surface area contributed by atoms with Crippen LogP contribution in [0, 0.1) is 26.2 Å². The Morgan fingerprint density at radius 1 is 1.26 bits per heavy atom. The number of fused-ring (bicyclic) bond motifs is 2. The van der Waals surface area contributed by atoms with Crippen molar-refractivity contribution in [3.05, 3.63) is 39.7 Å². The number of amides is 1. The van der Waals surface area contributed by atoms with Crippen molar-refractivity contribution in [2.24, 2.45) is 11.1 Å². The lowest BCUT2D eigenvalue weighted by molar-refractivity contribution is -0.119. The Hall–Kier alpha value is -2.71. The normalized spacial score (nSPS) is 22.7. The number of thiophene rings is 1. The highest BCUT2D eigenvalue weighted by atomic mass is 32.1. The van der Waals surface area contributed by atoms with Gasteiger partial charge in [0.05, 0.1) is 12.2 Å². The van der Waals surface area contributed by atoms with Gasteiger partial charge in [-0.25, -0.2) is 9.50 Å². The van der Waals surface area contributed by atoms with E-state index in [2.05, 4.69) is 60.8 Å². The van der Waals surface area contributed by atoms with Gasteiger partial charge in [0.25, 0.3) is 0 Å². The monoisotopic (exact) mass is 490 g/mol. The average Bonchev–Trinajstić information content (AvgIpc) is 3.52. The van der Waals surface area contributed by atoms with Crippen molar-refractivity contribution in [3.63, 3.8) is 0 Å². The molecule has 1 saturated carbocycles. The van der Waals surface area contributed by atoms with Crippen molar-refractivity contribution < 1.29 is 4.79 Å². The summed E-state index contributed by atoms with van der Waals surface area (Å²) in [6.07, 6.45) is 7.37. The molecule has 0 atom stereocenters. The summed E-state index contributed by atoms with van der Waals surface area (Å²) in [5.41, 5.74) is 14.4. The number of hydrogen-bond donors (Lipinski definition) is 2. The lowest BCUT2D eigenvalue weighted by Gasteiger charge is -2.45. The fraction of sp³-hybridized carbons (Fsp3) is 0.519. The van der Waals surface area contributed by atoms with E-state index in [4.69, 9.17) is 5.73 Å². The number of aryl methyl sites for hydroxylation is 2. The first-order valence-electron chi connectivity index (χ1n) is 12.6. The number of carbonyl (C=O) groups excluding carboxylic acids is 1. The van der Waals surface area contributed by atoms with Crippen LogP contribution in [0.5, 0.6) is 0 Å². The number of primary amides is 1. The SMILES string of the molecule is Cc1c(-c2[nH]c3sc(C4CC5(CCN(CC(N)=O)C5)C4)c(C)c3c2C(C)C)cn2ncnc2c1C. The van der Waals surface area contributed by atoms with Gasteiger partial charge in [-0.05, 0) is 86.1 Å². The van der Waals surface area contributed by atoms with Crippen molar-refractivity contribution in [2.75, 3.05) is 19.6 Å². The number of H-pyrrole nitrogens is 1. The maximum atomic E-state index is 11.4. The molecule has 7 nitrogen and oxygen atoms in total. The second-order valence-electron chi connectivity index (χ2n) is 11.2. The first-order valence-corrected chi connectivity index (χ1v) is 13.4. The van der Waals surface area contributed by atoms with Crippen LogP contribution in [0.25, 0.3) is 27.1 Å². The number of hydrogen-bond acceptors (Lipinski definition) is 5. The molecule has 8 heteroatoms. The van der Waals surface area contributed by atoms with E-state index in [-0.39, 0.29) is 5.91 Å². The van der Waals surface area contributed by atoms with E-state index in [1.54, 1.807) is 11.2 Å². The van der Waals surface area contributed by atoms with Crippen LogP contribution in [-0.2, 0) is 4.79 Å². The predicted molar refractivity (Wildman–Crippen MR) is 141 cm³/mol. The molecule has 6 rings (SSSR count). The molecule has 0 aromatic carbocycles. The molecule has 4 aromatic rings. The summed E-state index contributed by atoms with van der Waals surface area (Å²) in [7, 11) is 0. The molecular formula is C27H34N6OS. The van der Waals surface area contributed by atoms with E-state index in [1.807, 2.05) is 15.9 Å². The first kappa shape index (κ1) is 22.7. The number of nitrogens with one attached hydrogen (secondary N) is 1. The number of rotatable bonds is 5. The highest BCUT2D eigenvalue weighted by Gasteiger charge is 2.49. The number of likely N-dealkylation sites (tertiary alicyclic amines) is 1. The van der Waals surface area contributed by atoms with Gasteiger partial charge in [-0.1, -0.05) is 13.8 Å². The third-order valence-electron chi connectivity index (χ3n) is 8.56. The molecule has 1 saturated heterocycles. The zero-order valence-electron chi connectivity index (χ0n) is 21.2. The standard InChI is InChI=1S/C27H34N6OS/c1-14(2)21-22-17(5)24(18-8-27(9-18)6-7-32(12-27)11-20(28)34)35-26(22)31-23(21)19-10-33-25(29-13-30-33)16(4)15(19)3/h10,13-14,18,31H,6-9,11-12H2,1-5H3,(H2,28,34). The van der Waals surface area contributed by atoms with E-state index in [9.17, 15) is 4.79 Å². The van der Waals surface area contributed by atoms with Gasteiger partial charge < -0.3 is 10.7 Å². The molecule has 2 fully saturated rings. The number of aromatic nitrogens is 4. The molecule has 0 unspecified atom stereocenters. The first-order chi connectivity index (χ1) is 16.7. The van der Waals surface area contributed by atoms with Crippen LogP contribution in [0.3, 0.4) is 0 Å². The molecule has 2 aliphatic rings. The predicted octanol–water partition coefficient (Wildman–Crippen LogP) is 5.04. The zero-order valence-corrected chi connectivity index (χ0v) is 22.1. The molecule has 1 aliphatic heterocycles. The smallest absolute Gasteiger partial charge is 0.231 e. The summed E-state index contributed by atoms with van der Waals surface area (Å²) in [6, 6.07) is 0. The van der Waals surface area contributed by atoms with Gasteiger partial charge in [0.15, 0.2) is 5.65 Å². The Kier molecular flexibility index (Phi) is 5.13. The quantitative estimate of drug-likeness (QED) is 0.410. The minimum Gasteiger partial charge on any atom is -0.369 e. The van der Waals surface area contributed by atoms with E-state index in [1.165, 1.54) is 63.0 Å². The van der Waals surface area contributed by atoms with E-state index >= 15 is 0 Å². The minimum absolute atomic E-state index is 0.216. The maximum absolute atomic E-state index is 11.4. The lowest BCUT2D eigenvalue weighted by atomic mass is 9.60. The molecule has 3 N–H and O–H groups in total. The topological polar surface area (TPSA) is 92.3 Å². The number of carbonyl (C=O) groups is 1. The summed E-state index contributed by atoms with van der Waals surface area (Å²) >= 11 is 1.95. The van der Waals surface area contributed by atoms with Gasteiger partial charge in [0.1, 0.15) is 11.2 Å². The molecule has 5 heterocycles. The average molecular weight is 491 g/mol. The van der Waals surface area contributed by atoms with Crippen LogP contribution in [0.15, 0.2) is 12.5 Å². The summed E-state index contributed by atoms with van der Waals surface area (Å²) in [5, 5.41) is 5.83. The number of nitrogens with two attached hydrogens (primary N) is 1. The molecule has 0 radical (unpaired) electrons. The lowest BCUT2D eigenvalue weighted by Crippen LogP contribution is -2.40. The molecule has 184 valence electrons. The van der Waals surface area contributed by atoms with Crippen molar-refractivity contribution >= 4 is 33.1 Å². The molecule has 35 heavy (non-hydrogen) atoms. The molecule has 1 amide bonds. The fourth-order valence-electron chi connectivity index (χ4n) is 6.77. The van der Waals surface area contributed by atoms with Crippen molar-refractivity contribution in [3.8, 4) is 11.3 Å². The molecule has 0 bridgehead atoms. The summed E-state index contributed by atoms with van der Waals surface area (Å²) in [6.45, 7) is 13.6. The number of pyridine rings is 1. The van der Waals surface area contributed by atoms with E-state index in [0.29, 0.717) is 23.8 Å². The van der Waals surface area contributed by atoms with Crippen LogP contribution in [0.4, 0.5) is 0 Å². The second kappa shape index (κ2) is 7.90. The number of aromatic amines is 1. The van der Waals surface area contributed by atoms with Crippen LogP contribution >= 0.6 is 11.3 Å². The van der Waals surface area contributed by atoms with Gasteiger partial charge >= 0.3 is 0 Å². The van der Waals surface area contributed by atoms with Crippen LogP contribution < -0.4 is 5.73 Å². The molecule has 1 aliphatic carbocycles. The molecular weight excluding hydrogens is 456 g/mol. The molecule has 4 aromatic heterocycles. The number of nitrogens with zero attached hydrogens (tertiary/aromatic N) is 4. The third-order valence-corrected chi connectivity index (χ3v) is 9.93. The highest BCUT2D eigenvalue weighted by Crippen LogP contribution is 2.58. The van der Waals surface area contributed by atoms with E-state index < -0.39 is 0 Å².